The molecule has 11 nitrogen and oxygen atoms in total. The molecule has 332 valence electrons. The Kier molecular flexibility index (Phi) is 10.9. The number of rotatable bonds is 7. The van der Waals surface area contributed by atoms with E-state index in [9.17, 15) is 25.2 Å². The van der Waals surface area contributed by atoms with E-state index in [2.05, 4.69) is 53.6 Å². The summed E-state index contributed by atoms with van der Waals surface area (Å²) in [5, 5.41) is 49.2. The number of nitrogens with two attached hydrogens (primary N) is 1. The van der Waals surface area contributed by atoms with Crippen molar-refractivity contribution in [2.75, 3.05) is 13.1 Å². The van der Waals surface area contributed by atoms with Crippen molar-refractivity contribution in [2.45, 2.75) is 126 Å². The van der Waals surface area contributed by atoms with Crippen LogP contribution in [0.3, 0.4) is 0 Å². The van der Waals surface area contributed by atoms with E-state index in [1.54, 1.807) is 6.07 Å². The van der Waals surface area contributed by atoms with Crippen LogP contribution < -0.4 is 25.4 Å². The zero-order valence-corrected chi connectivity index (χ0v) is 36.3. The van der Waals surface area contributed by atoms with E-state index in [-0.39, 0.29) is 54.5 Å². The summed E-state index contributed by atoms with van der Waals surface area (Å²) in [5.41, 5.74) is 13.7. The Labute approximate surface area is 375 Å². The molecule has 2 fully saturated rings. The average molecular weight is 864 g/mol. The van der Waals surface area contributed by atoms with Gasteiger partial charge in [0.05, 0.1) is 29.4 Å². The molecule has 8 N–H and O–H groups in total. The fraction of sp³-hybridized carbons (Fsp3) is 0.509. The van der Waals surface area contributed by atoms with Crippen LogP contribution >= 0.6 is 0 Å². The second-order valence-corrected chi connectivity index (χ2v) is 19.9. The van der Waals surface area contributed by atoms with Crippen molar-refractivity contribution in [3.63, 3.8) is 0 Å². The minimum Gasteiger partial charge on any atom is -0.508 e. The van der Waals surface area contributed by atoms with Gasteiger partial charge in [0.15, 0.2) is 11.5 Å². The first kappa shape index (κ1) is 41.7. The molecule has 5 aliphatic heterocycles. The number of aliphatic imine (C=N–C) groups is 1. The number of ketones is 1. The van der Waals surface area contributed by atoms with E-state index in [0.717, 1.165) is 64.1 Å². The average Bonchev–Trinajstić information content (AvgIpc) is 4.05. The molecule has 2 saturated carbocycles. The summed E-state index contributed by atoms with van der Waals surface area (Å²) >= 11 is 0. The maximum atomic E-state index is 13.4. The third-order valence-corrected chi connectivity index (χ3v) is 16.1. The number of Topliss-reactive ketones (excluding diaryl/α,β-unsaturated/α-hetero) is 1. The lowest BCUT2D eigenvalue weighted by Crippen LogP contribution is -3.13. The van der Waals surface area contributed by atoms with Crippen molar-refractivity contribution < 1.29 is 39.6 Å². The largest absolute Gasteiger partial charge is 0.508 e. The molecular formula is C53H59N4O7+. The molecule has 11 rings (SSSR count). The number of aryl methyl sites for hydroxylation is 1. The molecule has 4 aliphatic carbocycles. The van der Waals surface area contributed by atoms with Crippen LogP contribution in [-0.4, -0.2) is 63.4 Å². The highest BCUT2D eigenvalue weighted by Gasteiger charge is 2.52. The van der Waals surface area contributed by atoms with Gasteiger partial charge in [-0.1, -0.05) is 86.3 Å². The van der Waals surface area contributed by atoms with E-state index in [1.165, 1.54) is 43.7 Å². The lowest BCUT2D eigenvalue weighted by Gasteiger charge is -2.38. The highest BCUT2D eigenvalue weighted by atomic mass is 16.5. The van der Waals surface area contributed by atoms with E-state index < -0.39 is 41.8 Å². The highest BCUT2D eigenvalue weighted by molar-refractivity contribution is 6.08. The van der Waals surface area contributed by atoms with Crippen LogP contribution in [0, 0.1) is 53.0 Å². The number of aromatic hydroxyl groups is 1. The maximum Gasteiger partial charge on any atom is 0.252 e. The second-order valence-electron chi connectivity index (χ2n) is 19.9. The molecule has 11 heteroatoms. The molecule has 11 atom stereocenters. The first-order valence-corrected chi connectivity index (χ1v) is 23.8. The van der Waals surface area contributed by atoms with Gasteiger partial charge in [0, 0.05) is 49.4 Å². The summed E-state index contributed by atoms with van der Waals surface area (Å²) in [5.74, 6) is 10.8. The molecule has 11 unspecified atom stereocenters. The van der Waals surface area contributed by atoms with Gasteiger partial charge in [0.1, 0.15) is 48.1 Å². The number of carbonyl (C=O) groups excluding carboxylic acids is 1. The summed E-state index contributed by atoms with van der Waals surface area (Å²) in [6, 6.07) is 7.28. The Morgan fingerprint density at radius 1 is 1.00 bits per heavy atom. The summed E-state index contributed by atoms with van der Waals surface area (Å²) < 4.78 is 13.3. The SMILES string of the molecule is NC1NCC2C=CC3C4=CN=C5C[NH+](C=C45)C4Oc5cc(CCC(=O)CC(O)C6C=CC(C7CCCCC7)CC6O)c(O)cc5OC#CC5(CCCC5)C4C#CC(O)c4ccc1c2c43. The van der Waals surface area contributed by atoms with Gasteiger partial charge in [-0.05, 0) is 89.8 Å². The number of benzene rings is 2. The third kappa shape index (κ3) is 7.35. The summed E-state index contributed by atoms with van der Waals surface area (Å²) in [6.45, 7) is 1.27. The summed E-state index contributed by atoms with van der Waals surface area (Å²) in [4.78, 5) is 19.5. The van der Waals surface area contributed by atoms with Crippen molar-refractivity contribution in [1.82, 2.24) is 5.32 Å². The Hall–Kier alpha value is -4.98. The first-order chi connectivity index (χ1) is 31.1. The maximum absolute atomic E-state index is 13.4. The lowest BCUT2D eigenvalue weighted by molar-refractivity contribution is -0.888. The molecule has 1 spiro atoms. The van der Waals surface area contributed by atoms with E-state index in [4.69, 9.17) is 20.2 Å². The smallest absolute Gasteiger partial charge is 0.252 e. The van der Waals surface area contributed by atoms with Gasteiger partial charge in [0.25, 0.3) is 6.23 Å². The molecule has 5 heterocycles. The number of aliphatic hydroxyl groups is 3. The molecule has 9 aliphatic rings. The Bertz CT molecular complexity index is 2520. The third-order valence-electron chi connectivity index (χ3n) is 16.1. The quantitative estimate of drug-likeness (QED) is 0.146. The second kappa shape index (κ2) is 16.8. The Balaban J connectivity index is 0.896. The number of hydrogen-bond donors (Lipinski definition) is 7. The summed E-state index contributed by atoms with van der Waals surface area (Å²) in [6.07, 6.45) is 22.6. The molecule has 2 aromatic rings. The molecule has 0 amide bonds. The molecular weight excluding hydrogens is 805 g/mol. The van der Waals surface area contributed by atoms with Crippen molar-refractivity contribution in [1.29, 1.82) is 0 Å². The standard InChI is InChI=1S/C53H58N4O7/c54-51-38-15-14-37-43(59)17-16-41-52(57-28-40-39(27-55-42(40)29-57)35-12-10-33(26-56-51)49(38)50(35)37)64-48-23-32(44(60)25-47(48)63-21-20-53(41)18-4-5-19-53)8-11-34(58)24-46(62)36-13-9-31(22-45(36)61)30-6-2-1-3-7-30/h9-10,12-15,23,25,27-28,30-31,33,35-36,41,43,45-46,51-52,56,59-62H,1-8,11,18-19,22,24,26,29,54H2/p+1. The van der Waals surface area contributed by atoms with Crippen LogP contribution in [0.25, 0.3) is 0 Å². The number of hydrogen-bond acceptors (Lipinski definition) is 10. The number of nitrogens with zero attached hydrogens (tertiary/aromatic N) is 1. The van der Waals surface area contributed by atoms with Crippen LogP contribution in [0.1, 0.15) is 129 Å². The zero-order chi connectivity index (χ0) is 43.7. The van der Waals surface area contributed by atoms with Crippen LogP contribution in [0.5, 0.6) is 17.2 Å². The monoisotopic (exact) mass is 863 g/mol. The van der Waals surface area contributed by atoms with Gasteiger partial charge >= 0.3 is 0 Å². The van der Waals surface area contributed by atoms with Crippen LogP contribution in [0.15, 0.2) is 77.1 Å². The Morgan fingerprint density at radius 3 is 2.66 bits per heavy atom. The minimum atomic E-state index is -1.08. The number of phenolic OH excluding ortho intramolecular Hbond substituents is 1. The van der Waals surface area contributed by atoms with Gasteiger partial charge in [-0.3, -0.25) is 20.0 Å². The van der Waals surface area contributed by atoms with Gasteiger partial charge in [-0.25, -0.2) is 0 Å². The fourth-order valence-corrected chi connectivity index (χ4v) is 12.7. The zero-order valence-electron chi connectivity index (χ0n) is 36.3. The van der Waals surface area contributed by atoms with Crippen molar-refractivity contribution in [2.24, 2.45) is 39.8 Å². The van der Waals surface area contributed by atoms with Gasteiger partial charge < -0.3 is 35.6 Å². The fourth-order valence-electron chi connectivity index (χ4n) is 12.7. The highest BCUT2D eigenvalue weighted by Crippen LogP contribution is 2.50. The number of nitrogens with one attached hydrogen (secondary N) is 2. The van der Waals surface area contributed by atoms with Crippen LogP contribution in [0.4, 0.5) is 0 Å². The van der Waals surface area contributed by atoms with Gasteiger partial charge in [-0.15, -0.1) is 0 Å². The number of phenols is 1. The number of ether oxygens (including phenoxy) is 2. The molecule has 2 bridgehead atoms. The number of aliphatic hydroxyl groups excluding tert-OH is 3. The van der Waals surface area contributed by atoms with Crippen molar-refractivity contribution >= 4 is 11.5 Å². The van der Waals surface area contributed by atoms with E-state index in [0.29, 0.717) is 42.7 Å². The lowest BCUT2D eigenvalue weighted by atomic mass is 9.71. The molecule has 0 radical (unpaired) electrons. The topological polar surface area (TPSA) is 171 Å². The van der Waals surface area contributed by atoms with E-state index >= 15 is 0 Å². The molecule has 0 aromatic heterocycles. The Morgan fingerprint density at radius 2 is 1.83 bits per heavy atom. The summed E-state index contributed by atoms with van der Waals surface area (Å²) in [7, 11) is 0. The predicted molar refractivity (Wildman–Crippen MR) is 241 cm³/mol. The number of quaternary nitrogens is 1. The number of fused-ring (bicyclic) bond motifs is 6. The van der Waals surface area contributed by atoms with E-state index in [1.807, 2.05) is 24.4 Å². The van der Waals surface area contributed by atoms with Crippen LogP contribution in [0.2, 0.25) is 0 Å². The number of carbonyl (C=O) groups is 1. The van der Waals surface area contributed by atoms with Gasteiger partial charge in [0.2, 0.25) is 0 Å². The first-order valence-electron chi connectivity index (χ1n) is 23.8. The van der Waals surface area contributed by atoms with Crippen LogP contribution in [-0.2, 0) is 11.2 Å². The number of allylic oxidation sites excluding steroid dienone is 3. The van der Waals surface area contributed by atoms with Gasteiger partial charge in [-0.2, -0.15) is 0 Å². The minimum absolute atomic E-state index is 0.0421. The normalized spacial score (nSPS) is 33.2. The molecule has 0 saturated heterocycles. The van der Waals surface area contributed by atoms with Crippen molar-refractivity contribution in [3.05, 3.63) is 99.9 Å². The molecule has 2 aromatic carbocycles. The predicted octanol–water partition coefficient (Wildman–Crippen LogP) is 5.18. The molecule has 64 heavy (non-hydrogen) atoms. The van der Waals surface area contributed by atoms with Crippen molar-refractivity contribution in [3.8, 4) is 41.1 Å².